The average Bonchev–Trinajstić information content (AvgIpc) is 0.778. The van der Waals surface area contributed by atoms with E-state index in [0.29, 0.717) is 0 Å². The molecule has 102 heavy (non-hydrogen) atoms. The van der Waals surface area contributed by atoms with Gasteiger partial charge in [-0.15, -0.1) is 24.0 Å². The van der Waals surface area contributed by atoms with E-state index >= 15 is 0 Å². The van der Waals surface area contributed by atoms with E-state index in [4.69, 9.17) is 61.6 Å². The number of rotatable bonds is 23. The number of hydrogen-bond acceptors (Lipinski definition) is 42. The lowest BCUT2D eigenvalue weighted by Gasteiger charge is -2.50. The Kier molecular flexibility index (Phi) is 34.8. The molecule has 7 fully saturated rings. The molecule has 7 saturated heterocycles. The molecule has 0 bridgehead atoms. The van der Waals surface area contributed by atoms with Crippen LogP contribution in [0.15, 0.2) is 23.3 Å². The highest BCUT2D eigenvalue weighted by Gasteiger charge is 2.59. The Labute approximate surface area is 602 Å². The van der Waals surface area contributed by atoms with Gasteiger partial charge in [0.05, 0.1) is 82.6 Å². The molecular formula is C57H104BFIN2O40. The van der Waals surface area contributed by atoms with Gasteiger partial charge in [0, 0.05) is 11.3 Å². The molecule has 0 aromatic heterocycles. The Balaban J connectivity index is 0.00000468. The fourth-order valence-electron chi connectivity index (χ4n) is 13.5. The second kappa shape index (κ2) is 38.9. The Morgan fingerprint density at radius 1 is 0.343 bits per heavy atom. The molecular weight excluding hydrogens is 1510 g/mol. The third kappa shape index (κ3) is 18.6. The van der Waals surface area contributed by atoms with Crippen molar-refractivity contribution in [3.05, 3.63) is 23.3 Å². The second-order valence-electron chi connectivity index (χ2n) is 25.6. The van der Waals surface area contributed by atoms with Crippen molar-refractivity contribution >= 4 is 32.4 Å². The third-order valence-electron chi connectivity index (χ3n) is 19.3. The lowest BCUT2D eigenvalue weighted by Crippen LogP contribution is -2.69. The molecule has 45 heteroatoms. The average molecular weight is 1620 g/mol. The Morgan fingerprint density at radius 2 is 0.608 bits per heavy atom. The summed E-state index contributed by atoms with van der Waals surface area (Å²) >= 11 is 0. The van der Waals surface area contributed by atoms with Gasteiger partial charge < -0.3 is 210 Å². The highest BCUT2D eigenvalue weighted by molar-refractivity contribution is 14.0. The van der Waals surface area contributed by atoms with Crippen molar-refractivity contribution in [3.8, 4) is 0 Å². The molecule has 599 valence electrons. The molecule has 0 amide bonds. The van der Waals surface area contributed by atoms with E-state index in [0.717, 1.165) is 6.08 Å². The van der Waals surface area contributed by atoms with Crippen LogP contribution in [-0.4, -0.2) is 456 Å². The molecule has 0 aromatic rings. The summed E-state index contributed by atoms with van der Waals surface area (Å²) < 4.78 is 73.8. The number of aliphatic hydroxyl groups is 27. The molecule has 29 N–H and O–H groups in total. The van der Waals surface area contributed by atoms with E-state index in [1.807, 2.05) is 0 Å². The zero-order chi connectivity index (χ0) is 72.0. The van der Waals surface area contributed by atoms with Crippen molar-refractivity contribution in [3.63, 3.8) is 0 Å². The Morgan fingerprint density at radius 3 is 0.922 bits per heavy atom. The van der Waals surface area contributed by atoms with Crippen LogP contribution in [0.5, 0.6) is 0 Å². The fourth-order valence-corrected chi connectivity index (χ4v) is 13.5. The third-order valence-corrected chi connectivity index (χ3v) is 19.3. The smallest absolute Gasteiger partial charge is 0.187 e. The van der Waals surface area contributed by atoms with Gasteiger partial charge in [-0.1, -0.05) is 19.6 Å². The number of nitrogens with one attached hydrogen (secondary N) is 2. The normalized spacial score (nSPS) is 50.8. The molecule has 43 unspecified atom stereocenters. The van der Waals surface area contributed by atoms with Crippen LogP contribution >= 0.6 is 24.0 Å². The van der Waals surface area contributed by atoms with Crippen LogP contribution in [0, 0.1) is 0 Å². The monoisotopic (exact) mass is 1610 g/mol. The van der Waals surface area contributed by atoms with E-state index in [2.05, 4.69) is 10.6 Å². The van der Waals surface area contributed by atoms with Crippen molar-refractivity contribution in [1.82, 2.24) is 10.6 Å². The van der Waals surface area contributed by atoms with Crippen LogP contribution in [0.3, 0.4) is 0 Å². The van der Waals surface area contributed by atoms with Crippen LogP contribution in [0.1, 0.15) is 24.1 Å². The minimum atomic E-state index is -2.20. The van der Waals surface area contributed by atoms with Gasteiger partial charge in [0.2, 0.25) is 0 Å². The topological polar surface area (TPSA) is 690 Å². The van der Waals surface area contributed by atoms with Crippen LogP contribution in [0.2, 0.25) is 0 Å². The summed E-state index contributed by atoms with van der Waals surface area (Å²) in [4.78, 5) is 0. The van der Waals surface area contributed by atoms with E-state index in [9.17, 15) is 138 Å². The number of hydrogen-bond donors (Lipinski definition) is 29. The van der Waals surface area contributed by atoms with Gasteiger partial charge in [0.25, 0.3) is 0 Å². The summed E-state index contributed by atoms with van der Waals surface area (Å²) in [5, 5.41) is 297. The molecule has 2 aliphatic carbocycles. The van der Waals surface area contributed by atoms with Gasteiger partial charge in [-0.05, 0) is 25.0 Å². The molecule has 0 spiro atoms. The lowest BCUT2D eigenvalue weighted by atomic mass is 9.86. The Hall–Kier alpha value is -1.48. The highest BCUT2D eigenvalue weighted by atomic mass is 127. The van der Waals surface area contributed by atoms with Gasteiger partial charge in [-0.3, -0.25) is 4.70 Å². The minimum Gasteiger partial charge on any atom is -0.394 e. The first-order chi connectivity index (χ1) is 46.4. The first kappa shape index (κ1) is 91.1. The minimum absolute atomic E-state index is 0. The van der Waals surface area contributed by atoms with E-state index < -0.39 is 310 Å². The Bertz CT molecular complexity index is 2590. The molecule has 9 rings (SSSR count). The SMILES string of the molecule is C.CC1OC(OC2C(CO)OC(OC3C(CO)=CC(NC4C(C)OC(OC5C(CO)OC(OC6C(CO)OC(OC7C(CO)OC(OC8C(CO)OC(O)C(O)C8O)C(O)C7O)C(O)C6O)C(O)C5O)C(O)C4O)C(O)C3O)C(O)C2O)C(O)C(O)C1NC1C=C(CO)C(O)C(O)C1O.F.I.[2HH].[B].[HH]. The van der Waals surface area contributed by atoms with E-state index in [-0.39, 0.29) is 58.5 Å². The molecule has 3 radical (unpaired) electrons. The molecule has 9 aliphatic rings. The van der Waals surface area contributed by atoms with Gasteiger partial charge in [-0.25, -0.2) is 0 Å². The molecule has 0 saturated carbocycles. The standard InChI is InChI=1S/C56H94N2O40.CH4.B.FH.HI.2H2/c1-12-23(57-16-3-14(5-59)25(66)30(71)26(16)67)28(69)38(79)51(86-12)94-46-19(8-62)89-53(40(81)33(46)74)93-44-15(6-60)4-17(27(68)31(44)72)58-24-13(2)87-52(39(80)29(24)70)95-47-20(9-63)90-55(41(82)34(47)75)97-49-22(11-65)92-56(43(84)36(49)77)98-48-21(10-64)91-54(42(83)35(48)76)96-45-18(7-61)88-50(85)37(78)32(45)73;;;;;;/h3-4,12-13,16-85H,5-11H2,1-2H3;1H4;;4*1H/i;;;;;1+1;. The van der Waals surface area contributed by atoms with E-state index in [1.54, 1.807) is 0 Å². The van der Waals surface area contributed by atoms with Gasteiger partial charge in [0.1, 0.15) is 183 Å². The quantitative estimate of drug-likeness (QED) is 0.0257. The lowest BCUT2D eigenvalue weighted by molar-refractivity contribution is -0.391. The maximum absolute atomic E-state index is 11.5. The predicted octanol–water partition coefficient (Wildman–Crippen LogP) is -16.7. The maximum atomic E-state index is 11.5. The fraction of sp³-hybridized carbons (Fsp3) is 0.930. The predicted molar refractivity (Wildman–Crippen MR) is 339 cm³/mol. The van der Waals surface area contributed by atoms with Gasteiger partial charge in [-0.2, -0.15) is 0 Å². The second-order valence-corrected chi connectivity index (χ2v) is 25.6. The number of aliphatic hydroxyl groups excluding tert-OH is 27. The van der Waals surface area contributed by atoms with Crippen LogP contribution in [-0.2, 0) is 61.6 Å². The zero-order valence-corrected chi connectivity index (χ0v) is 56.0. The van der Waals surface area contributed by atoms with Crippen molar-refractivity contribution in [2.45, 2.75) is 285 Å². The molecule has 43 atom stereocenters. The summed E-state index contributed by atoms with van der Waals surface area (Å²) in [5.41, 5.74) is -0.226. The van der Waals surface area contributed by atoms with Crippen molar-refractivity contribution in [2.75, 3.05) is 46.2 Å². The van der Waals surface area contributed by atoms with Crippen LogP contribution in [0.25, 0.3) is 0 Å². The summed E-state index contributed by atoms with van der Waals surface area (Å²) in [6.07, 6.45) is -70.1. The molecule has 7 aliphatic heterocycles. The largest absolute Gasteiger partial charge is 0.394 e. The summed E-state index contributed by atoms with van der Waals surface area (Å²) in [6, 6.07) is -5.16. The summed E-state index contributed by atoms with van der Waals surface area (Å²) in [5.74, 6) is 0. The number of ether oxygens (including phenoxy) is 13. The van der Waals surface area contributed by atoms with Crippen LogP contribution < -0.4 is 10.6 Å². The van der Waals surface area contributed by atoms with E-state index in [1.165, 1.54) is 19.9 Å². The molecule has 42 nitrogen and oxygen atoms in total. The van der Waals surface area contributed by atoms with Gasteiger partial charge in [0.15, 0.2) is 44.0 Å². The molecule has 0 aromatic carbocycles. The van der Waals surface area contributed by atoms with Gasteiger partial charge >= 0.3 is 0 Å². The van der Waals surface area contributed by atoms with Crippen molar-refractivity contribution in [2.24, 2.45) is 0 Å². The van der Waals surface area contributed by atoms with Crippen LogP contribution in [0.4, 0.5) is 4.70 Å². The molecule has 7 heterocycles. The van der Waals surface area contributed by atoms with Crippen molar-refractivity contribution < 1.29 is 207 Å². The summed E-state index contributed by atoms with van der Waals surface area (Å²) in [6.45, 7) is -3.74. The number of halogens is 2. The first-order valence-electron chi connectivity index (χ1n) is 31.7. The van der Waals surface area contributed by atoms with Crippen molar-refractivity contribution in [1.29, 1.82) is 0 Å². The zero-order valence-electron chi connectivity index (χ0n) is 53.7. The highest BCUT2D eigenvalue weighted by Crippen LogP contribution is 2.38. The maximum Gasteiger partial charge on any atom is 0.187 e. The first-order valence-corrected chi connectivity index (χ1v) is 31.7. The summed E-state index contributed by atoms with van der Waals surface area (Å²) in [7, 11) is 0.